The molecule has 6 heteroatoms. The summed E-state index contributed by atoms with van der Waals surface area (Å²) in [5.41, 5.74) is 0.444. The van der Waals surface area contributed by atoms with Crippen molar-refractivity contribution in [3.05, 3.63) is 23.8 Å². The molecule has 1 saturated heterocycles. The molecule has 0 radical (unpaired) electrons. The van der Waals surface area contributed by atoms with Crippen LogP contribution in [0, 0.1) is 0 Å². The highest BCUT2D eigenvalue weighted by atomic mass is 19.3. The summed E-state index contributed by atoms with van der Waals surface area (Å²) in [4.78, 5) is 1.94. The Labute approximate surface area is 110 Å². The molecule has 19 heavy (non-hydrogen) atoms. The van der Waals surface area contributed by atoms with Crippen LogP contribution in [0.3, 0.4) is 0 Å². The van der Waals surface area contributed by atoms with Gasteiger partial charge in [-0.15, -0.1) is 0 Å². The Morgan fingerprint density at radius 3 is 2.47 bits per heavy atom. The largest absolute Gasteiger partial charge is 0.508 e. The van der Waals surface area contributed by atoms with Crippen LogP contribution < -0.4 is 5.32 Å². The highest BCUT2D eigenvalue weighted by Crippen LogP contribution is 2.35. The highest BCUT2D eigenvalue weighted by Gasteiger charge is 2.27. The third-order valence-corrected chi connectivity index (χ3v) is 3.37. The van der Waals surface area contributed by atoms with E-state index >= 15 is 0 Å². The van der Waals surface area contributed by atoms with Crippen molar-refractivity contribution >= 4 is 0 Å². The molecule has 0 amide bonds. The molecule has 106 valence electrons. The number of nitrogens with zero attached hydrogens (tertiary/aromatic N) is 1. The Balaban J connectivity index is 2.25. The van der Waals surface area contributed by atoms with Crippen LogP contribution in [0.15, 0.2) is 18.2 Å². The maximum atomic E-state index is 12.8. The second-order valence-corrected chi connectivity index (χ2v) is 4.67. The third-order valence-electron chi connectivity index (χ3n) is 3.37. The summed E-state index contributed by atoms with van der Waals surface area (Å²) in [6, 6.07) is 3.59. The fourth-order valence-corrected chi connectivity index (χ4v) is 2.45. The van der Waals surface area contributed by atoms with Crippen molar-refractivity contribution in [3.63, 3.8) is 0 Å². The minimum Gasteiger partial charge on any atom is -0.508 e. The summed E-state index contributed by atoms with van der Waals surface area (Å²) in [6.45, 7) is 2.83. The van der Waals surface area contributed by atoms with Crippen LogP contribution in [0.5, 0.6) is 11.5 Å². The summed E-state index contributed by atoms with van der Waals surface area (Å²) in [6.07, 6.45) is -2.76. The van der Waals surface area contributed by atoms with Gasteiger partial charge in [0.2, 0.25) is 6.43 Å². The number of hydrogen-bond acceptors (Lipinski definition) is 4. The average molecular weight is 272 g/mol. The van der Waals surface area contributed by atoms with Crippen molar-refractivity contribution < 1.29 is 19.0 Å². The maximum absolute atomic E-state index is 12.8. The number of benzene rings is 1. The molecule has 3 N–H and O–H groups in total. The van der Waals surface area contributed by atoms with E-state index in [1.807, 2.05) is 4.90 Å². The molecule has 1 aromatic rings. The number of alkyl halides is 2. The van der Waals surface area contributed by atoms with Crippen molar-refractivity contribution in [3.8, 4) is 11.5 Å². The van der Waals surface area contributed by atoms with Gasteiger partial charge in [0.25, 0.3) is 0 Å². The first-order chi connectivity index (χ1) is 9.08. The van der Waals surface area contributed by atoms with E-state index in [0.717, 1.165) is 13.1 Å². The number of rotatable bonds is 4. The van der Waals surface area contributed by atoms with Crippen LogP contribution in [0.1, 0.15) is 18.0 Å². The molecule has 1 aliphatic heterocycles. The van der Waals surface area contributed by atoms with Gasteiger partial charge in [-0.1, -0.05) is 6.07 Å². The molecule has 1 aromatic carbocycles. The number of nitrogens with one attached hydrogen (secondary N) is 1. The van der Waals surface area contributed by atoms with E-state index in [2.05, 4.69) is 5.32 Å². The zero-order chi connectivity index (χ0) is 13.8. The summed E-state index contributed by atoms with van der Waals surface area (Å²) in [5, 5.41) is 22.3. The van der Waals surface area contributed by atoms with E-state index in [-0.39, 0.29) is 17.9 Å². The van der Waals surface area contributed by atoms with E-state index in [1.165, 1.54) is 18.2 Å². The van der Waals surface area contributed by atoms with Gasteiger partial charge in [-0.25, -0.2) is 8.78 Å². The normalized spacial score (nSPS) is 18.7. The Hall–Kier alpha value is -1.40. The molecular formula is C13H18F2N2O2. The lowest BCUT2D eigenvalue weighted by Crippen LogP contribution is -2.45. The van der Waals surface area contributed by atoms with Crippen LogP contribution in [0.25, 0.3) is 0 Å². The lowest BCUT2D eigenvalue weighted by Gasteiger charge is -2.35. The predicted molar refractivity (Wildman–Crippen MR) is 67.6 cm³/mol. The van der Waals surface area contributed by atoms with E-state index in [4.69, 9.17) is 0 Å². The summed E-state index contributed by atoms with van der Waals surface area (Å²) in [5.74, 6) is -0.207. The first kappa shape index (κ1) is 14.0. The van der Waals surface area contributed by atoms with Crippen molar-refractivity contribution in [2.24, 2.45) is 0 Å². The van der Waals surface area contributed by atoms with E-state index in [0.29, 0.717) is 18.7 Å². The molecule has 0 bridgehead atoms. The Bertz CT molecular complexity index is 423. The van der Waals surface area contributed by atoms with Crippen LogP contribution in [-0.4, -0.2) is 47.7 Å². The molecule has 1 heterocycles. The smallest absolute Gasteiger partial charge is 0.240 e. The second kappa shape index (κ2) is 6.16. The molecule has 0 spiro atoms. The van der Waals surface area contributed by atoms with Crippen molar-refractivity contribution in [1.82, 2.24) is 10.2 Å². The van der Waals surface area contributed by atoms with Crippen LogP contribution >= 0.6 is 0 Å². The van der Waals surface area contributed by atoms with Crippen molar-refractivity contribution in [2.45, 2.75) is 18.9 Å². The van der Waals surface area contributed by atoms with E-state index in [9.17, 15) is 19.0 Å². The molecule has 1 aliphatic rings. The van der Waals surface area contributed by atoms with Gasteiger partial charge in [0, 0.05) is 50.3 Å². The predicted octanol–water partition coefficient (Wildman–Crippen LogP) is 1.70. The molecule has 0 aliphatic carbocycles. The van der Waals surface area contributed by atoms with Crippen LogP contribution in [0.2, 0.25) is 0 Å². The Morgan fingerprint density at radius 1 is 1.21 bits per heavy atom. The molecule has 4 nitrogen and oxygen atoms in total. The Morgan fingerprint density at radius 2 is 1.89 bits per heavy atom. The molecular weight excluding hydrogens is 254 g/mol. The fraction of sp³-hybridized carbons (Fsp3) is 0.538. The molecule has 0 aromatic heterocycles. The van der Waals surface area contributed by atoms with Gasteiger partial charge in [0.1, 0.15) is 11.5 Å². The van der Waals surface area contributed by atoms with E-state index < -0.39 is 12.5 Å². The number of hydrogen-bond donors (Lipinski definition) is 3. The van der Waals surface area contributed by atoms with Crippen molar-refractivity contribution in [1.29, 1.82) is 0 Å². The van der Waals surface area contributed by atoms with Gasteiger partial charge in [0.15, 0.2) is 0 Å². The summed E-state index contributed by atoms with van der Waals surface area (Å²) < 4.78 is 25.5. The monoisotopic (exact) mass is 272 g/mol. The van der Waals surface area contributed by atoms with Gasteiger partial charge in [0.05, 0.1) is 0 Å². The molecule has 1 atom stereocenters. The fourth-order valence-electron chi connectivity index (χ4n) is 2.45. The van der Waals surface area contributed by atoms with Gasteiger partial charge in [-0.05, 0) is 6.07 Å². The van der Waals surface area contributed by atoms with Crippen molar-refractivity contribution in [2.75, 3.05) is 26.2 Å². The van der Waals surface area contributed by atoms with Gasteiger partial charge < -0.3 is 15.5 Å². The zero-order valence-electron chi connectivity index (χ0n) is 10.5. The van der Waals surface area contributed by atoms with Gasteiger partial charge in [-0.2, -0.15) is 0 Å². The SMILES string of the molecule is Oc1ccc([C@@H](CC(F)F)N2CCNCC2)c(O)c1. The van der Waals surface area contributed by atoms with Gasteiger partial charge in [-0.3, -0.25) is 4.90 Å². The molecule has 2 rings (SSSR count). The average Bonchev–Trinajstić information content (AvgIpc) is 2.37. The summed E-state index contributed by atoms with van der Waals surface area (Å²) >= 11 is 0. The summed E-state index contributed by atoms with van der Waals surface area (Å²) in [7, 11) is 0. The molecule has 0 unspecified atom stereocenters. The lowest BCUT2D eigenvalue weighted by atomic mass is 10.00. The quantitative estimate of drug-likeness (QED) is 0.781. The minimum atomic E-state index is -2.44. The van der Waals surface area contributed by atoms with Gasteiger partial charge >= 0.3 is 0 Å². The highest BCUT2D eigenvalue weighted by molar-refractivity contribution is 5.41. The number of aromatic hydroxyl groups is 2. The lowest BCUT2D eigenvalue weighted by molar-refractivity contribution is 0.0729. The number of phenolic OH excluding ortho intramolecular Hbond substituents is 2. The number of phenols is 2. The second-order valence-electron chi connectivity index (χ2n) is 4.67. The minimum absolute atomic E-state index is 0.0719. The van der Waals surface area contributed by atoms with E-state index in [1.54, 1.807) is 0 Å². The topological polar surface area (TPSA) is 55.7 Å². The number of piperazine rings is 1. The van der Waals surface area contributed by atoms with Crippen LogP contribution in [0.4, 0.5) is 8.78 Å². The zero-order valence-corrected chi connectivity index (χ0v) is 10.5. The molecule has 0 saturated carbocycles. The first-order valence-electron chi connectivity index (χ1n) is 6.32. The molecule has 1 fully saturated rings. The van der Waals surface area contributed by atoms with Crippen LogP contribution in [-0.2, 0) is 0 Å². The number of halogens is 2. The Kier molecular flexibility index (Phi) is 4.55. The maximum Gasteiger partial charge on any atom is 0.240 e. The third kappa shape index (κ3) is 3.54. The standard InChI is InChI=1S/C13H18F2N2O2/c14-13(15)8-11(17-5-3-16-4-6-17)10-2-1-9(18)7-12(10)19/h1-2,7,11,13,16,18-19H,3-6,8H2/t11-/m1/s1. The first-order valence-corrected chi connectivity index (χ1v) is 6.32.